The molecule has 35 heavy (non-hydrogen) atoms. The Balaban J connectivity index is 1.47. The second kappa shape index (κ2) is 12.2. The number of amides is 2. The molecule has 0 saturated heterocycles. The first kappa shape index (κ1) is 23.8. The van der Waals surface area contributed by atoms with Crippen LogP contribution >= 0.6 is 0 Å². The highest BCUT2D eigenvalue weighted by Crippen LogP contribution is 2.29. The third-order valence-corrected chi connectivity index (χ3v) is 5.51. The van der Waals surface area contributed by atoms with Crippen LogP contribution in [0.1, 0.15) is 16.8 Å². The molecule has 3 aromatic carbocycles. The molecule has 0 atom stereocenters. The average Bonchev–Trinajstić information content (AvgIpc) is 2.91. The van der Waals surface area contributed by atoms with E-state index in [4.69, 9.17) is 9.47 Å². The highest BCUT2D eigenvalue weighted by atomic mass is 16.5. The number of para-hydroxylation sites is 1. The third-order valence-electron chi connectivity index (χ3n) is 5.51. The molecule has 0 aliphatic heterocycles. The number of methoxy groups -OCH3 is 1. The van der Waals surface area contributed by atoms with Gasteiger partial charge < -0.3 is 19.7 Å². The Hall–Kier alpha value is -4.32. The van der Waals surface area contributed by atoms with Gasteiger partial charge in [0.25, 0.3) is 0 Å². The highest BCUT2D eigenvalue weighted by molar-refractivity contribution is 5.89. The largest absolute Gasteiger partial charge is 0.493 e. The summed E-state index contributed by atoms with van der Waals surface area (Å²) in [4.78, 5) is 19.3. The third kappa shape index (κ3) is 7.08. The molecule has 178 valence electrons. The number of hydrogen-bond acceptors (Lipinski definition) is 4. The zero-order valence-corrected chi connectivity index (χ0v) is 19.8. The lowest BCUT2D eigenvalue weighted by Gasteiger charge is -2.24. The summed E-state index contributed by atoms with van der Waals surface area (Å²) in [7, 11) is 1.62. The van der Waals surface area contributed by atoms with Crippen molar-refractivity contribution in [1.82, 2.24) is 9.88 Å². The number of carbonyl (C=O) groups is 1. The first-order valence-corrected chi connectivity index (χ1v) is 11.6. The molecule has 6 heteroatoms. The summed E-state index contributed by atoms with van der Waals surface area (Å²) in [5, 5.41) is 2.99. The van der Waals surface area contributed by atoms with Gasteiger partial charge in [0.15, 0.2) is 11.5 Å². The molecule has 0 saturated carbocycles. The van der Waals surface area contributed by atoms with E-state index in [1.807, 2.05) is 97.1 Å². The van der Waals surface area contributed by atoms with Crippen molar-refractivity contribution in [3.63, 3.8) is 0 Å². The molecule has 0 radical (unpaired) electrons. The van der Waals surface area contributed by atoms with Gasteiger partial charge in [0.05, 0.1) is 7.11 Å². The Morgan fingerprint density at radius 2 is 1.60 bits per heavy atom. The standard InChI is InChI=1S/C29H29N3O3/c1-34-28-20-24(15-16-27(28)35-22-23-10-4-2-5-11-23)21-32(19-17-25-12-8-9-18-30-25)29(33)31-26-13-6-3-7-14-26/h2-16,18,20H,17,19,21-22H2,1H3,(H,31,33). The Kier molecular flexibility index (Phi) is 8.32. The average molecular weight is 468 g/mol. The van der Waals surface area contributed by atoms with Crippen LogP contribution in [-0.4, -0.2) is 29.6 Å². The predicted octanol–water partition coefficient (Wildman–Crippen LogP) is 5.95. The van der Waals surface area contributed by atoms with E-state index in [9.17, 15) is 4.79 Å². The fourth-order valence-electron chi connectivity index (χ4n) is 3.66. The van der Waals surface area contributed by atoms with Gasteiger partial charge in [0, 0.05) is 37.1 Å². The van der Waals surface area contributed by atoms with Crippen LogP contribution < -0.4 is 14.8 Å². The van der Waals surface area contributed by atoms with Crippen molar-refractivity contribution in [3.05, 3.63) is 120 Å². The number of urea groups is 1. The summed E-state index contributed by atoms with van der Waals surface area (Å²) in [5.74, 6) is 1.29. The van der Waals surface area contributed by atoms with Crippen molar-refractivity contribution in [3.8, 4) is 11.5 Å². The van der Waals surface area contributed by atoms with Crippen LogP contribution in [0.25, 0.3) is 0 Å². The molecule has 1 heterocycles. The Labute approximate surface area is 206 Å². The molecule has 0 fully saturated rings. The smallest absolute Gasteiger partial charge is 0.322 e. The number of aromatic nitrogens is 1. The van der Waals surface area contributed by atoms with Crippen LogP contribution in [-0.2, 0) is 19.6 Å². The SMILES string of the molecule is COc1cc(CN(CCc2ccccn2)C(=O)Nc2ccccc2)ccc1OCc1ccccc1. The van der Waals surface area contributed by atoms with Gasteiger partial charge in [-0.25, -0.2) is 4.79 Å². The summed E-state index contributed by atoms with van der Waals surface area (Å²) in [6.45, 7) is 1.39. The number of pyridine rings is 1. The number of benzene rings is 3. The van der Waals surface area contributed by atoms with Crippen LogP contribution in [0.15, 0.2) is 103 Å². The van der Waals surface area contributed by atoms with E-state index in [1.54, 1.807) is 18.2 Å². The lowest BCUT2D eigenvalue weighted by molar-refractivity contribution is 0.209. The highest BCUT2D eigenvalue weighted by Gasteiger charge is 2.16. The molecule has 1 N–H and O–H groups in total. The summed E-state index contributed by atoms with van der Waals surface area (Å²) in [6, 6.07) is 30.9. The topological polar surface area (TPSA) is 63.7 Å². The van der Waals surface area contributed by atoms with Crippen LogP contribution in [0.4, 0.5) is 10.5 Å². The monoisotopic (exact) mass is 467 g/mol. The molecular formula is C29H29N3O3. The molecule has 0 aliphatic carbocycles. The Morgan fingerprint density at radius 1 is 0.857 bits per heavy atom. The van der Waals surface area contributed by atoms with E-state index in [-0.39, 0.29) is 6.03 Å². The summed E-state index contributed by atoms with van der Waals surface area (Å²) in [6.07, 6.45) is 2.42. The number of rotatable bonds is 10. The first-order valence-electron chi connectivity index (χ1n) is 11.6. The second-order valence-corrected chi connectivity index (χ2v) is 8.05. The molecule has 2 amide bonds. The van der Waals surface area contributed by atoms with Crippen molar-refractivity contribution in [2.24, 2.45) is 0 Å². The number of anilines is 1. The molecular weight excluding hydrogens is 438 g/mol. The van der Waals surface area contributed by atoms with Crippen molar-refractivity contribution in [2.75, 3.05) is 19.0 Å². The minimum atomic E-state index is -0.171. The summed E-state index contributed by atoms with van der Waals surface area (Å²) in [5.41, 5.74) is 3.71. The minimum absolute atomic E-state index is 0.171. The van der Waals surface area contributed by atoms with E-state index < -0.39 is 0 Å². The van der Waals surface area contributed by atoms with Crippen LogP contribution in [0.2, 0.25) is 0 Å². The van der Waals surface area contributed by atoms with Gasteiger partial charge in [-0.1, -0.05) is 60.7 Å². The van der Waals surface area contributed by atoms with Crippen molar-refractivity contribution < 1.29 is 14.3 Å². The van der Waals surface area contributed by atoms with E-state index in [2.05, 4.69) is 10.3 Å². The molecule has 0 spiro atoms. The molecule has 0 aliphatic rings. The van der Waals surface area contributed by atoms with Crippen LogP contribution in [0.5, 0.6) is 11.5 Å². The number of carbonyl (C=O) groups excluding carboxylic acids is 1. The van der Waals surface area contributed by atoms with Gasteiger partial charge in [-0.15, -0.1) is 0 Å². The number of nitrogens with zero attached hydrogens (tertiary/aromatic N) is 2. The number of nitrogens with one attached hydrogen (secondary N) is 1. The van der Waals surface area contributed by atoms with Gasteiger partial charge in [0.2, 0.25) is 0 Å². The normalized spacial score (nSPS) is 10.4. The minimum Gasteiger partial charge on any atom is -0.493 e. The summed E-state index contributed by atoms with van der Waals surface area (Å²) >= 11 is 0. The van der Waals surface area contributed by atoms with Crippen molar-refractivity contribution >= 4 is 11.7 Å². The zero-order valence-electron chi connectivity index (χ0n) is 19.8. The molecule has 6 nitrogen and oxygen atoms in total. The van der Waals surface area contributed by atoms with Crippen molar-refractivity contribution in [1.29, 1.82) is 0 Å². The van der Waals surface area contributed by atoms with E-state index in [1.165, 1.54) is 0 Å². The fraction of sp³-hybridized carbons (Fsp3) is 0.172. The molecule has 1 aromatic heterocycles. The van der Waals surface area contributed by atoms with Crippen LogP contribution in [0.3, 0.4) is 0 Å². The first-order chi connectivity index (χ1) is 17.2. The second-order valence-electron chi connectivity index (χ2n) is 8.05. The lowest BCUT2D eigenvalue weighted by atomic mass is 10.1. The van der Waals surface area contributed by atoms with Gasteiger partial charge >= 0.3 is 6.03 Å². The molecule has 0 bridgehead atoms. The van der Waals surface area contributed by atoms with Gasteiger partial charge in [-0.3, -0.25) is 4.98 Å². The van der Waals surface area contributed by atoms with Crippen molar-refractivity contribution in [2.45, 2.75) is 19.6 Å². The maximum absolute atomic E-state index is 13.2. The van der Waals surface area contributed by atoms with Gasteiger partial charge in [-0.2, -0.15) is 0 Å². The fourth-order valence-corrected chi connectivity index (χ4v) is 3.66. The maximum Gasteiger partial charge on any atom is 0.322 e. The van der Waals surface area contributed by atoms with E-state index in [0.29, 0.717) is 37.6 Å². The Morgan fingerprint density at radius 3 is 2.31 bits per heavy atom. The van der Waals surface area contributed by atoms with Crippen LogP contribution in [0, 0.1) is 0 Å². The number of ether oxygens (including phenoxy) is 2. The van der Waals surface area contributed by atoms with Gasteiger partial charge in [0.1, 0.15) is 6.61 Å². The maximum atomic E-state index is 13.2. The number of hydrogen-bond donors (Lipinski definition) is 1. The Bertz CT molecular complexity index is 1200. The quantitative estimate of drug-likeness (QED) is 0.313. The van der Waals surface area contributed by atoms with E-state index >= 15 is 0 Å². The summed E-state index contributed by atoms with van der Waals surface area (Å²) < 4.78 is 11.6. The zero-order chi connectivity index (χ0) is 24.3. The molecule has 4 aromatic rings. The molecule has 0 unspecified atom stereocenters. The molecule has 4 rings (SSSR count). The van der Waals surface area contributed by atoms with Gasteiger partial charge in [-0.05, 0) is 47.5 Å². The lowest BCUT2D eigenvalue weighted by Crippen LogP contribution is -2.36. The predicted molar refractivity (Wildman–Crippen MR) is 138 cm³/mol. The van der Waals surface area contributed by atoms with E-state index in [0.717, 1.165) is 22.5 Å².